The average molecular weight is 192 g/mol. The van der Waals surface area contributed by atoms with Crippen molar-refractivity contribution in [1.82, 2.24) is 0 Å². The van der Waals surface area contributed by atoms with Crippen LogP contribution in [0.2, 0.25) is 0 Å². The van der Waals surface area contributed by atoms with E-state index in [1.807, 2.05) is 6.92 Å². The fraction of sp³-hybridized carbons (Fsp3) is 0.600. The Labute approximate surface area is 72.7 Å². The Morgan fingerprint density at radius 1 is 1.64 bits per heavy atom. The molecule has 4 nitrogen and oxygen atoms in total. The first-order chi connectivity index (χ1) is 5.20. The zero-order chi connectivity index (χ0) is 8.32. The Morgan fingerprint density at radius 2 is 2.36 bits per heavy atom. The van der Waals surface area contributed by atoms with Gasteiger partial charge < -0.3 is 10.4 Å². The molecule has 0 unspecified atom stereocenters. The molecule has 1 aliphatic rings. The lowest BCUT2D eigenvalue weighted by Crippen LogP contribution is -2.21. The van der Waals surface area contributed by atoms with E-state index in [1.54, 1.807) is 0 Å². The van der Waals surface area contributed by atoms with E-state index in [4.69, 9.17) is 10.4 Å². The van der Waals surface area contributed by atoms with E-state index in [1.165, 1.54) is 29.7 Å². The number of rotatable bonds is 1. The van der Waals surface area contributed by atoms with Gasteiger partial charge in [-0.25, -0.2) is 0 Å². The minimum absolute atomic E-state index is 0.235. The molecule has 2 N–H and O–H groups in total. The molecule has 1 heterocycles. The summed E-state index contributed by atoms with van der Waals surface area (Å²) < 4.78 is 0.383. The molecule has 1 fully saturated rings. The van der Waals surface area contributed by atoms with Gasteiger partial charge in [0.25, 0.3) is 0 Å². The highest BCUT2D eigenvalue weighted by Crippen LogP contribution is 2.40. The van der Waals surface area contributed by atoms with Crippen LogP contribution >= 0.6 is 23.5 Å². The van der Waals surface area contributed by atoms with Crippen molar-refractivity contribution in [2.45, 2.75) is 11.7 Å². The molecule has 1 atom stereocenters. The van der Waals surface area contributed by atoms with Gasteiger partial charge in [0.15, 0.2) is 4.38 Å². The zero-order valence-electron chi connectivity index (χ0n) is 5.89. The molecule has 0 amide bonds. The highest BCUT2D eigenvalue weighted by Gasteiger charge is 2.33. The molecule has 1 aliphatic heterocycles. The van der Waals surface area contributed by atoms with Crippen molar-refractivity contribution in [1.29, 1.82) is 0 Å². The van der Waals surface area contributed by atoms with Gasteiger partial charge in [0, 0.05) is 5.75 Å². The third kappa shape index (κ3) is 2.03. The van der Waals surface area contributed by atoms with Gasteiger partial charge in [-0.1, -0.05) is 28.7 Å². The van der Waals surface area contributed by atoms with E-state index in [0.717, 1.165) is 5.75 Å². The van der Waals surface area contributed by atoms with Gasteiger partial charge in [0.1, 0.15) is 0 Å². The molecule has 0 spiro atoms. The van der Waals surface area contributed by atoms with Crippen LogP contribution in [0.4, 0.5) is 0 Å². The summed E-state index contributed by atoms with van der Waals surface area (Å²) in [5.41, 5.74) is 0. The molecule has 1 saturated heterocycles. The third-order valence-electron chi connectivity index (χ3n) is 1.22. The van der Waals surface area contributed by atoms with Crippen LogP contribution < -0.4 is 0 Å². The summed E-state index contributed by atoms with van der Waals surface area (Å²) in [5.74, 6) is 0.765. The molecule has 1 rings (SSSR count). The highest BCUT2D eigenvalue weighted by atomic mass is 32.2. The van der Waals surface area contributed by atoms with E-state index in [-0.39, 0.29) is 4.75 Å². The first kappa shape index (κ1) is 8.73. The molecule has 62 valence electrons. The summed E-state index contributed by atoms with van der Waals surface area (Å²) in [6, 6.07) is 0. The maximum Gasteiger partial charge on any atom is 0.170 e. The Bertz CT molecular complexity index is 207. The lowest BCUT2D eigenvalue weighted by molar-refractivity contribution is 0.319. The minimum atomic E-state index is -0.235. The fourth-order valence-corrected chi connectivity index (χ4v) is 3.18. The SMILES string of the molecule is C[C@]1(C=NO)CSC(=NO)S1. The van der Waals surface area contributed by atoms with Crippen LogP contribution in [0.1, 0.15) is 6.92 Å². The second-order valence-corrected chi connectivity index (χ2v) is 5.06. The van der Waals surface area contributed by atoms with Crippen LogP contribution in [0.25, 0.3) is 0 Å². The Balaban J connectivity index is 2.65. The fourth-order valence-electron chi connectivity index (χ4n) is 0.698. The van der Waals surface area contributed by atoms with Gasteiger partial charge in [0.05, 0.1) is 11.0 Å². The lowest BCUT2D eigenvalue weighted by atomic mass is 10.2. The molecular weight excluding hydrogens is 184 g/mol. The van der Waals surface area contributed by atoms with E-state index in [9.17, 15) is 0 Å². The van der Waals surface area contributed by atoms with Crippen molar-refractivity contribution in [2.75, 3.05) is 5.75 Å². The van der Waals surface area contributed by atoms with Gasteiger partial charge in [-0.2, -0.15) is 0 Å². The van der Waals surface area contributed by atoms with Crippen LogP contribution in [0.5, 0.6) is 0 Å². The number of oxime groups is 2. The predicted octanol–water partition coefficient (Wildman–Crippen LogP) is 1.43. The first-order valence-electron chi connectivity index (χ1n) is 2.93. The van der Waals surface area contributed by atoms with Crippen LogP contribution in [0, 0.1) is 0 Å². The molecular formula is C5H8N2O2S2. The summed E-state index contributed by atoms with van der Waals surface area (Å²) in [4.78, 5) is 0. The molecule has 0 bridgehead atoms. The van der Waals surface area contributed by atoms with Crippen LogP contribution in [0.15, 0.2) is 10.3 Å². The smallest absolute Gasteiger partial charge is 0.170 e. The van der Waals surface area contributed by atoms with Gasteiger partial charge in [-0.05, 0) is 6.92 Å². The summed E-state index contributed by atoms with van der Waals surface area (Å²) >= 11 is 2.84. The normalized spacial score (nSPS) is 35.5. The van der Waals surface area contributed by atoms with Crippen molar-refractivity contribution < 1.29 is 10.4 Å². The van der Waals surface area contributed by atoms with Gasteiger partial charge >= 0.3 is 0 Å². The van der Waals surface area contributed by atoms with Gasteiger partial charge in [-0.15, -0.1) is 5.16 Å². The molecule has 6 heteroatoms. The van der Waals surface area contributed by atoms with Crippen LogP contribution in [0.3, 0.4) is 0 Å². The van der Waals surface area contributed by atoms with Crippen molar-refractivity contribution in [3.05, 3.63) is 0 Å². The predicted molar refractivity (Wildman–Crippen MR) is 48.0 cm³/mol. The standard InChI is InChI=1S/C5H8N2O2S2/c1-5(2-6-8)3-10-4(7-9)11-5/h2,8-9H,3H2,1H3/t5-/m0/s1. The summed E-state index contributed by atoms with van der Waals surface area (Å²) in [7, 11) is 0. The van der Waals surface area contributed by atoms with E-state index < -0.39 is 0 Å². The number of hydrogen-bond donors (Lipinski definition) is 2. The number of thioether (sulfide) groups is 2. The Morgan fingerprint density at radius 3 is 2.82 bits per heavy atom. The Kier molecular flexibility index (Phi) is 2.67. The monoisotopic (exact) mass is 192 g/mol. The quantitative estimate of drug-likeness (QED) is 0.375. The van der Waals surface area contributed by atoms with E-state index in [0.29, 0.717) is 4.38 Å². The molecule has 0 aliphatic carbocycles. The maximum absolute atomic E-state index is 8.41. The summed E-state index contributed by atoms with van der Waals surface area (Å²) in [6.07, 6.45) is 1.45. The molecule has 0 saturated carbocycles. The van der Waals surface area contributed by atoms with Gasteiger partial charge in [0.2, 0.25) is 0 Å². The van der Waals surface area contributed by atoms with Crippen molar-refractivity contribution in [2.24, 2.45) is 10.3 Å². The summed E-state index contributed by atoms with van der Waals surface area (Å²) in [6.45, 7) is 1.92. The van der Waals surface area contributed by atoms with E-state index in [2.05, 4.69) is 10.3 Å². The number of nitrogens with zero attached hydrogens (tertiary/aromatic N) is 2. The van der Waals surface area contributed by atoms with Crippen molar-refractivity contribution >= 4 is 34.1 Å². The van der Waals surface area contributed by atoms with E-state index >= 15 is 0 Å². The minimum Gasteiger partial charge on any atom is -0.411 e. The average Bonchev–Trinajstić information content (AvgIpc) is 2.33. The number of hydrogen-bond acceptors (Lipinski definition) is 6. The van der Waals surface area contributed by atoms with Crippen LogP contribution in [-0.2, 0) is 0 Å². The topological polar surface area (TPSA) is 65.2 Å². The second kappa shape index (κ2) is 3.36. The summed E-state index contributed by atoms with van der Waals surface area (Å²) in [5, 5.41) is 22.7. The van der Waals surface area contributed by atoms with Crippen LogP contribution in [-0.4, -0.2) is 31.5 Å². The first-order valence-corrected chi connectivity index (χ1v) is 4.73. The highest BCUT2D eigenvalue weighted by molar-refractivity contribution is 8.42. The zero-order valence-corrected chi connectivity index (χ0v) is 7.52. The Hall–Kier alpha value is -0.360. The largest absolute Gasteiger partial charge is 0.411 e. The third-order valence-corrected chi connectivity index (χ3v) is 4.05. The molecule has 0 radical (unpaired) electrons. The second-order valence-electron chi connectivity index (χ2n) is 2.31. The molecule has 0 aromatic carbocycles. The van der Waals surface area contributed by atoms with Gasteiger partial charge in [-0.3, -0.25) is 0 Å². The maximum atomic E-state index is 8.41. The van der Waals surface area contributed by atoms with Crippen molar-refractivity contribution in [3.63, 3.8) is 0 Å². The molecule has 0 aromatic heterocycles. The molecule has 11 heavy (non-hydrogen) atoms. The lowest BCUT2D eigenvalue weighted by Gasteiger charge is -2.11. The molecule has 0 aromatic rings. The van der Waals surface area contributed by atoms with Crippen molar-refractivity contribution in [3.8, 4) is 0 Å².